The molecule has 1 atom stereocenters. The second-order valence-electron chi connectivity index (χ2n) is 7.32. The van der Waals surface area contributed by atoms with E-state index >= 15 is 0 Å². The van der Waals surface area contributed by atoms with Crippen LogP contribution in [0.5, 0.6) is 0 Å². The van der Waals surface area contributed by atoms with Crippen molar-refractivity contribution >= 4 is 12.0 Å². The molecule has 2 saturated heterocycles. The van der Waals surface area contributed by atoms with Crippen LogP contribution in [0.2, 0.25) is 0 Å². The lowest BCUT2D eigenvalue weighted by atomic mass is 9.93. The second-order valence-corrected chi connectivity index (χ2v) is 7.32. The first kappa shape index (κ1) is 18.7. The monoisotopic (exact) mass is 359 g/mol. The quantitative estimate of drug-likeness (QED) is 0.896. The van der Waals surface area contributed by atoms with Crippen LogP contribution in [0.4, 0.5) is 4.79 Å². The Morgan fingerprint density at radius 1 is 1.15 bits per heavy atom. The van der Waals surface area contributed by atoms with Crippen LogP contribution in [0.1, 0.15) is 31.7 Å². The first-order valence-corrected chi connectivity index (χ1v) is 9.59. The number of piperidine rings is 1. The van der Waals surface area contributed by atoms with Crippen LogP contribution in [0.25, 0.3) is 0 Å². The SMILES string of the molecule is C[C@@H]1CNCCN1C(=O)CC1CCN(C(=O)OCc2ccccc2)CC1. The Hall–Kier alpha value is -2.08. The fraction of sp³-hybridized carbons (Fsp3) is 0.600. The molecular weight excluding hydrogens is 330 g/mol. The van der Waals surface area contributed by atoms with Gasteiger partial charge < -0.3 is 19.9 Å². The summed E-state index contributed by atoms with van der Waals surface area (Å²) in [4.78, 5) is 28.5. The van der Waals surface area contributed by atoms with Crippen molar-refractivity contribution in [3.05, 3.63) is 35.9 Å². The molecule has 0 bridgehead atoms. The summed E-state index contributed by atoms with van der Waals surface area (Å²) in [5, 5.41) is 3.31. The van der Waals surface area contributed by atoms with Crippen molar-refractivity contribution < 1.29 is 14.3 Å². The van der Waals surface area contributed by atoms with E-state index in [1.54, 1.807) is 4.90 Å². The van der Waals surface area contributed by atoms with Crippen LogP contribution >= 0.6 is 0 Å². The Morgan fingerprint density at radius 2 is 1.88 bits per heavy atom. The number of hydrogen-bond acceptors (Lipinski definition) is 4. The Morgan fingerprint density at radius 3 is 2.58 bits per heavy atom. The normalized spacial score (nSPS) is 21.5. The molecular formula is C20H29N3O3. The van der Waals surface area contributed by atoms with Gasteiger partial charge in [0.05, 0.1) is 0 Å². The Bertz CT molecular complexity index is 600. The van der Waals surface area contributed by atoms with Crippen LogP contribution in [-0.2, 0) is 16.1 Å². The lowest BCUT2D eigenvalue weighted by Gasteiger charge is -2.36. The van der Waals surface area contributed by atoms with Gasteiger partial charge in [-0.05, 0) is 31.2 Å². The zero-order valence-electron chi connectivity index (χ0n) is 15.5. The molecule has 1 aromatic rings. The molecule has 0 saturated carbocycles. The molecule has 3 rings (SSSR count). The molecule has 2 heterocycles. The molecule has 0 aliphatic carbocycles. The summed E-state index contributed by atoms with van der Waals surface area (Å²) in [6.45, 7) is 6.28. The molecule has 6 nitrogen and oxygen atoms in total. The largest absolute Gasteiger partial charge is 0.445 e. The van der Waals surface area contributed by atoms with E-state index < -0.39 is 0 Å². The summed E-state index contributed by atoms with van der Waals surface area (Å²) in [5.74, 6) is 0.617. The topological polar surface area (TPSA) is 61.9 Å². The minimum Gasteiger partial charge on any atom is -0.445 e. The fourth-order valence-corrected chi connectivity index (χ4v) is 3.71. The maximum atomic E-state index is 12.5. The molecule has 2 amide bonds. The minimum atomic E-state index is -0.255. The van der Waals surface area contributed by atoms with Crippen LogP contribution in [0.3, 0.4) is 0 Å². The summed E-state index contributed by atoms with van der Waals surface area (Å²) in [5.41, 5.74) is 0.992. The summed E-state index contributed by atoms with van der Waals surface area (Å²) in [6, 6.07) is 9.98. The lowest BCUT2D eigenvalue weighted by molar-refractivity contribution is -0.135. The highest BCUT2D eigenvalue weighted by Gasteiger charge is 2.29. The first-order chi connectivity index (χ1) is 12.6. The van der Waals surface area contributed by atoms with Gasteiger partial charge in [-0.2, -0.15) is 0 Å². The highest BCUT2D eigenvalue weighted by Crippen LogP contribution is 2.23. The first-order valence-electron chi connectivity index (χ1n) is 9.59. The number of rotatable bonds is 4. The van der Waals surface area contributed by atoms with Gasteiger partial charge >= 0.3 is 6.09 Å². The number of amides is 2. The van der Waals surface area contributed by atoms with E-state index in [9.17, 15) is 9.59 Å². The van der Waals surface area contributed by atoms with Crippen LogP contribution in [-0.4, -0.2) is 60.6 Å². The van der Waals surface area contributed by atoms with Crippen molar-refractivity contribution in [1.29, 1.82) is 0 Å². The van der Waals surface area contributed by atoms with Crippen LogP contribution < -0.4 is 5.32 Å². The fourth-order valence-electron chi connectivity index (χ4n) is 3.71. The molecule has 1 aromatic carbocycles. The zero-order valence-corrected chi connectivity index (χ0v) is 15.5. The van der Waals surface area contributed by atoms with Gasteiger partial charge in [-0.15, -0.1) is 0 Å². The van der Waals surface area contributed by atoms with E-state index in [0.717, 1.165) is 38.0 Å². The number of ether oxygens (including phenoxy) is 1. The Kier molecular flexibility index (Phi) is 6.50. The number of hydrogen-bond donors (Lipinski definition) is 1. The molecule has 6 heteroatoms. The molecule has 2 aliphatic rings. The molecule has 2 fully saturated rings. The highest BCUT2D eigenvalue weighted by atomic mass is 16.6. The zero-order chi connectivity index (χ0) is 18.4. The third-order valence-corrected chi connectivity index (χ3v) is 5.36. The van der Waals surface area contributed by atoms with E-state index in [-0.39, 0.29) is 18.0 Å². The van der Waals surface area contributed by atoms with Gasteiger partial charge in [-0.3, -0.25) is 4.79 Å². The average molecular weight is 359 g/mol. The molecule has 26 heavy (non-hydrogen) atoms. The Balaban J connectivity index is 1.39. The van der Waals surface area contributed by atoms with E-state index in [4.69, 9.17) is 4.74 Å². The molecule has 0 aromatic heterocycles. The van der Waals surface area contributed by atoms with Crippen molar-refractivity contribution in [2.24, 2.45) is 5.92 Å². The van der Waals surface area contributed by atoms with Crippen molar-refractivity contribution in [3.63, 3.8) is 0 Å². The van der Waals surface area contributed by atoms with Crippen LogP contribution in [0.15, 0.2) is 30.3 Å². The minimum absolute atomic E-state index is 0.254. The van der Waals surface area contributed by atoms with Crippen molar-refractivity contribution in [1.82, 2.24) is 15.1 Å². The number of benzene rings is 1. The van der Waals surface area contributed by atoms with Gasteiger partial charge in [0.15, 0.2) is 0 Å². The predicted molar refractivity (Wildman–Crippen MR) is 99.6 cm³/mol. The predicted octanol–water partition coefficient (Wildman–Crippen LogP) is 2.25. The average Bonchev–Trinajstić information content (AvgIpc) is 2.68. The van der Waals surface area contributed by atoms with Gasteiger partial charge in [-0.1, -0.05) is 30.3 Å². The third-order valence-electron chi connectivity index (χ3n) is 5.36. The Labute approximate surface area is 155 Å². The molecule has 0 radical (unpaired) electrons. The second kappa shape index (κ2) is 9.03. The van der Waals surface area contributed by atoms with Gasteiger partial charge in [0.1, 0.15) is 6.61 Å². The van der Waals surface area contributed by atoms with Gasteiger partial charge in [0, 0.05) is 45.2 Å². The molecule has 1 N–H and O–H groups in total. The van der Waals surface area contributed by atoms with E-state index in [0.29, 0.717) is 32.0 Å². The summed E-state index contributed by atoms with van der Waals surface area (Å²) >= 11 is 0. The summed E-state index contributed by atoms with van der Waals surface area (Å²) in [7, 11) is 0. The molecule has 0 unspecified atom stereocenters. The van der Waals surface area contributed by atoms with E-state index in [2.05, 4.69) is 12.2 Å². The number of piperazine rings is 1. The smallest absolute Gasteiger partial charge is 0.410 e. The lowest BCUT2D eigenvalue weighted by Crippen LogP contribution is -2.52. The van der Waals surface area contributed by atoms with E-state index in [1.807, 2.05) is 35.2 Å². The number of carbonyl (C=O) groups excluding carboxylic acids is 2. The highest BCUT2D eigenvalue weighted by molar-refractivity contribution is 5.77. The van der Waals surface area contributed by atoms with Crippen molar-refractivity contribution in [3.8, 4) is 0 Å². The molecule has 2 aliphatic heterocycles. The van der Waals surface area contributed by atoms with Crippen LogP contribution in [0, 0.1) is 5.92 Å². The maximum absolute atomic E-state index is 12.5. The number of nitrogens with one attached hydrogen (secondary N) is 1. The molecule has 0 spiro atoms. The van der Waals surface area contributed by atoms with Crippen molar-refractivity contribution in [2.75, 3.05) is 32.7 Å². The van der Waals surface area contributed by atoms with Gasteiger partial charge in [-0.25, -0.2) is 4.79 Å². The van der Waals surface area contributed by atoms with Gasteiger partial charge in [0.25, 0.3) is 0 Å². The number of nitrogens with zero attached hydrogens (tertiary/aromatic N) is 2. The third kappa shape index (κ3) is 4.97. The van der Waals surface area contributed by atoms with Crippen molar-refractivity contribution in [2.45, 2.75) is 38.8 Å². The number of carbonyl (C=O) groups is 2. The van der Waals surface area contributed by atoms with E-state index in [1.165, 1.54) is 0 Å². The standard InChI is InChI=1S/C20H29N3O3/c1-16-14-21-9-12-23(16)19(24)13-17-7-10-22(11-8-17)20(25)26-15-18-5-3-2-4-6-18/h2-6,16-17,21H,7-15H2,1H3/t16-/m1/s1. The molecule has 142 valence electrons. The maximum Gasteiger partial charge on any atom is 0.410 e. The summed E-state index contributed by atoms with van der Waals surface area (Å²) < 4.78 is 5.40. The number of likely N-dealkylation sites (tertiary alicyclic amines) is 1. The van der Waals surface area contributed by atoms with Gasteiger partial charge in [0.2, 0.25) is 5.91 Å². The summed E-state index contributed by atoms with van der Waals surface area (Å²) in [6.07, 6.45) is 2.07.